The molecule has 1 aliphatic heterocycles. The average Bonchev–Trinajstić information content (AvgIpc) is 2.88. The standard InChI is InChI=1S/C20H20ClN3O2S/c1-12-6-4-5-7-15(12)22-18(25)11-17-19(26)24(3)20(27-17)23-16-10-14(21)9-8-13(16)2/h4-10,17H,11H2,1-3H3,(H,22,25)/t17-/m0/s1. The van der Waals surface area contributed by atoms with Gasteiger partial charge in [-0.1, -0.05) is 47.6 Å². The van der Waals surface area contributed by atoms with Crippen LogP contribution in [-0.4, -0.2) is 34.2 Å². The quantitative estimate of drug-likeness (QED) is 0.817. The van der Waals surface area contributed by atoms with E-state index in [-0.39, 0.29) is 18.2 Å². The van der Waals surface area contributed by atoms with Crippen LogP contribution in [0.4, 0.5) is 11.4 Å². The summed E-state index contributed by atoms with van der Waals surface area (Å²) in [7, 11) is 1.67. The number of thioether (sulfide) groups is 1. The van der Waals surface area contributed by atoms with Gasteiger partial charge in [0.15, 0.2) is 5.17 Å². The third-order valence-corrected chi connectivity index (χ3v) is 5.78. The van der Waals surface area contributed by atoms with Gasteiger partial charge in [0.05, 0.1) is 5.69 Å². The van der Waals surface area contributed by atoms with Gasteiger partial charge in [0, 0.05) is 24.2 Å². The lowest BCUT2D eigenvalue weighted by atomic mass is 10.2. The smallest absolute Gasteiger partial charge is 0.242 e. The molecule has 0 bridgehead atoms. The van der Waals surface area contributed by atoms with Crippen LogP contribution in [-0.2, 0) is 9.59 Å². The maximum Gasteiger partial charge on any atom is 0.242 e. The zero-order valence-electron chi connectivity index (χ0n) is 15.3. The van der Waals surface area contributed by atoms with E-state index in [0.717, 1.165) is 22.5 Å². The van der Waals surface area contributed by atoms with Crippen molar-refractivity contribution in [3.05, 3.63) is 58.6 Å². The summed E-state index contributed by atoms with van der Waals surface area (Å²) in [4.78, 5) is 31.0. The Morgan fingerprint density at radius 2 is 1.96 bits per heavy atom. The van der Waals surface area contributed by atoms with E-state index in [1.165, 1.54) is 16.7 Å². The first-order valence-corrected chi connectivity index (χ1v) is 9.75. The van der Waals surface area contributed by atoms with Gasteiger partial charge in [0.1, 0.15) is 5.25 Å². The summed E-state index contributed by atoms with van der Waals surface area (Å²) >= 11 is 7.35. The van der Waals surface area contributed by atoms with Gasteiger partial charge in [-0.15, -0.1) is 0 Å². The first-order valence-electron chi connectivity index (χ1n) is 8.49. The normalized spacial score (nSPS) is 18.2. The Morgan fingerprint density at radius 1 is 1.22 bits per heavy atom. The molecule has 1 atom stereocenters. The largest absolute Gasteiger partial charge is 0.326 e. The van der Waals surface area contributed by atoms with E-state index in [1.54, 1.807) is 19.2 Å². The van der Waals surface area contributed by atoms with Gasteiger partial charge < -0.3 is 5.32 Å². The molecule has 2 aromatic carbocycles. The van der Waals surface area contributed by atoms with Gasteiger partial charge in [-0.05, 0) is 43.2 Å². The molecule has 0 unspecified atom stereocenters. The van der Waals surface area contributed by atoms with Crippen LogP contribution in [0.25, 0.3) is 0 Å². The Hall–Kier alpha value is -2.31. The number of nitrogens with zero attached hydrogens (tertiary/aromatic N) is 2. The lowest BCUT2D eigenvalue weighted by molar-refractivity contribution is -0.127. The highest BCUT2D eigenvalue weighted by molar-refractivity contribution is 8.15. The van der Waals surface area contributed by atoms with Crippen molar-refractivity contribution in [3.8, 4) is 0 Å². The SMILES string of the molecule is Cc1ccc(Cl)cc1N=C1S[C@@H](CC(=O)Nc2ccccc2C)C(=O)N1C. The van der Waals surface area contributed by atoms with E-state index in [4.69, 9.17) is 11.6 Å². The van der Waals surface area contributed by atoms with E-state index in [1.807, 2.05) is 44.2 Å². The van der Waals surface area contributed by atoms with Crippen LogP contribution < -0.4 is 5.32 Å². The van der Waals surface area contributed by atoms with Crippen molar-refractivity contribution in [1.29, 1.82) is 0 Å². The molecule has 0 aliphatic carbocycles. The minimum Gasteiger partial charge on any atom is -0.326 e. The van der Waals surface area contributed by atoms with Crippen LogP contribution in [0.15, 0.2) is 47.5 Å². The molecule has 1 N–H and O–H groups in total. The van der Waals surface area contributed by atoms with Crippen molar-refractivity contribution in [2.24, 2.45) is 4.99 Å². The molecule has 1 heterocycles. The molecule has 0 aromatic heterocycles. The maximum absolute atomic E-state index is 12.5. The Labute approximate surface area is 167 Å². The number of rotatable bonds is 4. The summed E-state index contributed by atoms with van der Waals surface area (Å²) in [6.07, 6.45) is 0.0930. The monoisotopic (exact) mass is 401 g/mol. The zero-order chi connectivity index (χ0) is 19.6. The fourth-order valence-electron chi connectivity index (χ4n) is 2.69. The number of benzene rings is 2. The van der Waals surface area contributed by atoms with Gasteiger partial charge in [-0.2, -0.15) is 0 Å². The first kappa shape index (κ1) is 19.5. The Morgan fingerprint density at radius 3 is 2.70 bits per heavy atom. The fourth-order valence-corrected chi connectivity index (χ4v) is 4.00. The molecule has 2 amide bonds. The molecule has 1 aliphatic rings. The number of para-hydroxylation sites is 1. The van der Waals surface area contributed by atoms with Gasteiger partial charge in [0.25, 0.3) is 0 Å². The molecule has 27 heavy (non-hydrogen) atoms. The highest BCUT2D eigenvalue weighted by atomic mass is 35.5. The predicted molar refractivity (Wildman–Crippen MR) is 112 cm³/mol. The molecular formula is C20H20ClN3O2S. The number of amides is 2. The number of anilines is 1. The molecule has 1 fully saturated rings. The molecule has 140 valence electrons. The molecule has 0 radical (unpaired) electrons. The number of hydrogen-bond acceptors (Lipinski definition) is 4. The summed E-state index contributed by atoms with van der Waals surface area (Å²) in [5.41, 5.74) is 3.42. The van der Waals surface area contributed by atoms with E-state index >= 15 is 0 Å². The van der Waals surface area contributed by atoms with E-state index < -0.39 is 5.25 Å². The molecule has 2 aromatic rings. The maximum atomic E-state index is 12.5. The second kappa shape index (κ2) is 8.15. The lowest BCUT2D eigenvalue weighted by Crippen LogP contribution is -2.30. The van der Waals surface area contributed by atoms with Crippen molar-refractivity contribution in [2.45, 2.75) is 25.5 Å². The summed E-state index contributed by atoms with van der Waals surface area (Å²) < 4.78 is 0. The number of aryl methyl sites for hydroxylation is 2. The fraction of sp³-hybridized carbons (Fsp3) is 0.250. The molecule has 3 rings (SSSR count). The summed E-state index contributed by atoms with van der Waals surface area (Å²) in [5.74, 6) is -0.317. The number of aliphatic imine (C=N–C) groups is 1. The van der Waals surface area contributed by atoms with Crippen LogP contribution in [0.3, 0.4) is 0 Å². The third kappa shape index (κ3) is 4.51. The van der Waals surface area contributed by atoms with Crippen molar-refractivity contribution < 1.29 is 9.59 Å². The van der Waals surface area contributed by atoms with E-state index in [0.29, 0.717) is 10.2 Å². The predicted octanol–water partition coefficient (Wildman–Crippen LogP) is 4.55. The molecule has 0 spiro atoms. The highest BCUT2D eigenvalue weighted by Gasteiger charge is 2.37. The summed E-state index contributed by atoms with van der Waals surface area (Å²) in [5, 5.41) is 3.54. The number of nitrogens with one attached hydrogen (secondary N) is 1. The molecule has 1 saturated heterocycles. The minimum atomic E-state index is -0.489. The topological polar surface area (TPSA) is 61.8 Å². The van der Waals surface area contributed by atoms with Crippen molar-refractivity contribution >= 4 is 51.7 Å². The Bertz CT molecular complexity index is 929. The number of amidine groups is 1. The second-order valence-corrected chi connectivity index (χ2v) is 8.00. The molecule has 5 nitrogen and oxygen atoms in total. The number of carbonyl (C=O) groups is 2. The number of carbonyl (C=O) groups excluding carboxylic acids is 2. The minimum absolute atomic E-state index is 0.0930. The molecule has 0 saturated carbocycles. The Kier molecular flexibility index (Phi) is 5.87. The zero-order valence-corrected chi connectivity index (χ0v) is 16.9. The van der Waals surface area contributed by atoms with E-state index in [2.05, 4.69) is 10.3 Å². The Balaban J connectivity index is 1.72. The average molecular weight is 402 g/mol. The number of hydrogen-bond donors (Lipinski definition) is 1. The van der Waals surface area contributed by atoms with Crippen LogP contribution in [0.1, 0.15) is 17.5 Å². The summed E-state index contributed by atoms with van der Waals surface area (Å²) in [6, 6.07) is 13.0. The van der Waals surface area contributed by atoms with Crippen LogP contribution in [0.5, 0.6) is 0 Å². The number of halogens is 1. The van der Waals surface area contributed by atoms with Crippen LogP contribution in [0, 0.1) is 13.8 Å². The van der Waals surface area contributed by atoms with Crippen molar-refractivity contribution in [2.75, 3.05) is 12.4 Å². The van der Waals surface area contributed by atoms with Crippen LogP contribution in [0.2, 0.25) is 5.02 Å². The van der Waals surface area contributed by atoms with E-state index in [9.17, 15) is 9.59 Å². The first-order chi connectivity index (χ1) is 12.8. The van der Waals surface area contributed by atoms with Crippen molar-refractivity contribution in [1.82, 2.24) is 4.90 Å². The third-order valence-electron chi connectivity index (χ3n) is 4.32. The highest BCUT2D eigenvalue weighted by Crippen LogP contribution is 2.32. The van der Waals surface area contributed by atoms with Crippen molar-refractivity contribution in [3.63, 3.8) is 0 Å². The van der Waals surface area contributed by atoms with Gasteiger partial charge >= 0.3 is 0 Å². The lowest BCUT2D eigenvalue weighted by Gasteiger charge is -2.10. The summed E-state index contributed by atoms with van der Waals surface area (Å²) in [6.45, 7) is 3.86. The van der Waals surface area contributed by atoms with Crippen LogP contribution >= 0.6 is 23.4 Å². The molecular weight excluding hydrogens is 382 g/mol. The molecule has 7 heteroatoms. The van der Waals surface area contributed by atoms with Gasteiger partial charge in [-0.3, -0.25) is 14.5 Å². The second-order valence-electron chi connectivity index (χ2n) is 6.40. The van der Waals surface area contributed by atoms with Gasteiger partial charge in [0.2, 0.25) is 11.8 Å². The van der Waals surface area contributed by atoms with Gasteiger partial charge in [-0.25, -0.2) is 4.99 Å².